The molecule has 2 aromatic carbocycles. The molecule has 0 fully saturated rings. The van der Waals surface area contributed by atoms with E-state index in [4.69, 9.17) is 4.74 Å². The van der Waals surface area contributed by atoms with Gasteiger partial charge in [-0.25, -0.2) is 9.79 Å². The Bertz CT molecular complexity index is 1160. The Balaban J connectivity index is 1.82. The van der Waals surface area contributed by atoms with Gasteiger partial charge in [0, 0.05) is 14.1 Å². The van der Waals surface area contributed by atoms with Crippen LogP contribution in [0.5, 0.6) is 0 Å². The van der Waals surface area contributed by atoms with Crippen LogP contribution in [0.4, 0.5) is 5.69 Å². The molecule has 1 aliphatic heterocycles. The Morgan fingerprint density at radius 1 is 1.00 bits per heavy atom. The average Bonchev–Trinajstić information content (AvgIpc) is 3.16. The predicted molar refractivity (Wildman–Crippen MR) is 131 cm³/mol. The van der Waals surface area contributed by atoms with Gasteiger partial charge in [0.15, 0.2) is 11.8 Å². The number of nitrogens with one attached hydrogen (secondary N) is 2. The van der Waals surface area contributed by atoms with Crippen LogP contribution in [0.15, 0.2) is 59.2 Å². The van der Waals surface area contributed by atoms with Crippen LogP contribution in [0.3, 0.4) is 0 Å². The highest BCUT2D eigenvalue weighted by Gasteiger charge is 2.32. The molecule has 0 aliphatic carbocycles. The predicted octanol–water partition coefficient (Wildman–Crippen LogP) is 2.12. The molecule has 34 heavy (non-hydrogen) atoms. The minimum absolute atomic E-state index is 0.116. The molecule has 1 heterocycles. The first-order chi connectivity index (χ1) is 16.3. The number of hydrogen-bond donors (Lipinski definition) is 2. The third kappa shape index (κ3) is 6.10. The monoisotopic (exact) mass is 480 g/mol. The Hall–Kier alpha value is -3.92. The molecule has 0 radical (unpaired) electrons. The Labute approximate surface area is 201 Å². The molecular formula is C24H24N4O5S. The lowest BCUT2D eigenvalue weighted by Crippen LogP contribution is -2.31. The molecule has 1 aliphatic rings. The van der Waals surface area contributed by atoms with Crippen LogP contribution >= 0.6 is 11.8 Å². The maximum atomic E-state index is 13.2. The first-order valence-electron chi connectivity index (χ1n) is 10.3. The first kappa shape index (κ1) is 24.7. The summed E-state index contributed by atoms with van der Waals surface area (Å²) in [6.07, 6.45) is 1.61. The number of anilines is 1. The minimum Gasteiger partial charge on any atom is -0.452 e. The number of thioether (sulfide) groups is 1. The molecule has 0 bridgehead atoms. The van der Waals surface area contributed by atoms with Crippen LogP contribution in [-0.2, 0) is 19.1 Å². The molecule has 0 aromatic heterocycles. The number of rotatable bonds is 7. The van der Waals surface area contributed by atoms with Gasteiger partial charge in [0.25, 0.3) is 11.8 Å². The average molecular weight is 481 g/mol. The number of carbonyl (C=O) groups is 4. The van der Waals surface area contributed by atoms with Crippen molar-refractivity contribution in [3.63, 3.8) is 0 Å². The summed E-state index contributed by atoms with van der Waals surface area (Å²) >= 11 is 1.17. The summed E-state index contributed by atoms with van der Waals surface area (Å²) < 4.78 is 4.93. The third-order valence-corrected chi connectivity index (χ3v) is 5.73. The fourth-order valence-corrected chi connectivity index (χ4v) is 3.76. The SMILES string of the molecule is CNC(=O)COC(=O)c1ccc(/C=C2\N=C(SCC(=O)NC)N(c3ccc(C)cc3)C2=O)cc1. The van der Waals surface area contributed by atoms with E-state index in [0.717, 1.165) is 5.56 Å². The second kappa shape index (κ2) is 11.3. The fourth-order valence-electron chi connectivity index (χ4n) is 2.88. The van der Waals surface area contributed by atoms with Gasteiger partial charge in [0.2, 0.25) is 5.91 Å². The van der Waals surface area contributed by atoms with Crippen LogP contribution in [-0.4, -0.2) is 55.3 Å². The van der Waals surface area contributed by atoms with Crippen molar-refractivity contribution in [2.24, 2.45) is 4.99 Å². The Morgan fingerprint density at radius 2 is 1.65 bits per heavy atom. The molecule has 0 saturated heterocycles. The maximum Gasteiger partial charge on any atom is 0.338 e. The molecule has 3 amide bonds. The van der Waals surface area contributed by atoms with E-state index >= 15 is 0 Å². The van der Waals surface area contributed by atoms with Gasteiger partial charge in [0.05, 0.1) is 17.0 Å². The van der Waals surface area contributed by atoms with Gasteiger partial charge in [-0.2, -0.15) is 0 Å². The second-order valence-corrected chi connectivity index (χ2v) is 8.18. The van der Waals surface area contributed by atoms with Gasteiger partial charge >= 0.3 is 5.97 Å². The molecule has 0 saturated carbocycles. The zero-order valence-electron chi connectivity index (χ0n) is 19.0. The largest absolute Gasteiger partial charge is 0.452 e. The highest BCUT2D eigenvalue weighted by Crippen LogP contribution is 2.29. The fraction of sp³-hybridized carbons (Fsp3) is 0.208. The van der Waals surface area contributed by atoms with Gasteiger partial charge in [0.1, 0.15) is 5.70 Å². The lowest BCUT2D eigenvalue weighted by molar-refractivity contribution is -0.123. The quantitative estimate of drug-likeness (QED) is 0.463. The van der Waals surface area contributed by atoms with E-state index in [1.54, 1.807) is 37.4 Å². The summed E-state index contributed by atoms with van der Waals surface area (Å²) in [4.78, 5) is 54.2. The first-order valence-corrected chi connectivity index (χ1v) is 11.3. The molecule has 0 atom stereocenters. The van der Waals surface area contributed by atoms with Gasteiger partial charge < -0.3 is 15.4 Å². The molecule has 2 aromatic rings. The smallest absolute Gasteiger partial charge is 0.338 e. The Kier molecular flexibility index (Phi) is 8.20. The third-order valence-electron chi connectivity index (χ3n) is 4.80. The highest BCUT2D eigenvalue weighted by molar-refractivity contribution is 8.14. The van der Waals surface area contributed by atoms with E-state index in [-0.39, 0.29) is 35.4 Å². The number of amidine groups is 1. The van der Waals surface area contributed by atoms with E-state index in [1.165, 1.54) is 23.7 Å². The summed E-state index contributed by atoms with van der Waals surface area (Å²) in [5, 5.41) is 5.32. The van der Waals surface area contributed by atoms with Crippen molar-refractivity contribution in [3.05, 3.63) is 70.9 Å². The number of carbonyl (C=O) groups excluding carboxylic acids is 4. The number of benzene rings is 2. The standard InChI is InChI=1S/C24H24N4O5S/c1-15-4-10-18(11-5-15)28-22(31)19(27-24(28)34-14-21(30)26-3)12-16-6-8-17(9-7-16)23(32)33-13-20(29)25-2/h4-12H,13-14H2,1-3H3,(H,25,29)(H,26,30)/b19-12-. The number of ether oxygens (including phenoxy) is 1. The van der Waals surface area contributed by atoms with Gasteiger partial charge in [-0.15, -0.1) is 0 Å². The molecule has 176 valence electrons. The van der Waals surface area contributed by atoms with E-state index in [1.807, 2.05) is 31.2 Å². The van der Waals surface area contributed by atoms with E-state index in [0.29, 0.717) is 16.4 Å². The van der Waals surface area contributed by atoms with E-state index < -0.39 is 11.9 Å². The zero-order chi connectivity index (χ0) is 24.7. The van der Waals surface area contributed by atoms with Crippen LogP contribution < -0.4 is 15.5 Å². The van der Waals surface area contributed by atoms with Crippen LogP contribution in [0.25, 0.3) is 6.08 Å². The maximum absolute atomic E-state index is 13.2. The highest BCUT2D eigenvalue weighted by atomic mass is 32.2. The van der Waals surface area contributed by atoms with Crippen LogP contribution in [0, 0.1) is 6.92 Å². The van der Waals surface area contributed by atoms with Crippen molar-refractivity contribution >= 4 is 52.4 Å². The number of nitrogens with zero attached hydrogens (tertiary/aromatic N) is 2. The normalized spacial score (nSPS) is 14.1. The lowest BCUT2D eigenvalue weighted by atomic mass is 10.1. The molecule has 9 nitrogen and oxygen atoms in total. The van der Waals surface area contributed by atoms with Crippen LogP contribution in [0.1, 0.15) is 21.5 Å². The number of aliphatic imine (C=N–C) groups is 1. The van der Waals surface area contributed by atoms with Crippen molar-refractivity contribution in [1.29, 1.82) is 0 Å². The molecule has 2 N–H and O–H groups in total. The summed E-state index contributed by atoms with van der Waals surface area (Å²) in [6, 6.07) is 13.8. The minimum atomic E-state index is -0.629. The number of hydrogen-bond acceptors (Lipinski definition) is 7. The summed E-state index contributed by atoms with van der Waals surface area (Å²) in [5.74, 6) is -1.42. The summed E-state index contributed by atoms with van der Waals surface area (Å²) in [5.41, 5.74) is 2.83. The van der Waals surface area contributed by atoms with Crippen molar-refractivity contribution in [2.75, 3.05) is 31.4 Å². The topological polar surface area (TPSA) is 117 Å². The zero-order valence-corrected chi connectivity index (χ0v) is 19.8. The molecule has 0 spiro atoms. The Morgan fingerprint density at radius 3 is 2.26 bits per heavy atom. The number of esters is 1. The van der Waals surface area contributed by atoms with Crippen LogP contribution in [0.2, 0.25) is 0 Å². The number of aryl methyl sites for hydroxylation is 1. The summed E-state index contributed by atoms with van der Waals surface area (Å²) in [7, 11) is 3.00. The summed E-state index contributed by atoms with van der Waals surface area (Å²) in [6.45, 7) is 1.59. The molecule has 3 rings (SSSR count). The van der Waals surface area contributed by atoms with Crippen molar-refractivity contribution < 1.29 is 23.9 Å². The van der Waals surface area contributed by atoms with Gasteiger partial charge in [-0.1, -0.05) is 41.6 Å². The van der Waals surface area contributed by atoms with E-state index in [9.17, 15) is 19.2 Å². The van der Waals surface area contributed by atoms with Crippen molar-refractivity contribution in [3.8, 4) is 0 Å². The number of amides is 3. The second-order valence-electron chi connectivity index (χ2n) is 7.23. The molecule has 10 heteroatoms. The van der Waals surface area contributed by atoms with Crippen molar-refractivity contribution in [2.45, 2.75) is 6.92 Å². The van der Waals surface area contributed by atoms with E-state index in [2.05, 4.69) is 15.6 Å². The van der Waals surface area contributed by atoms with Gasteiger partial charge in [-0.3, -0.25) is 19.3 Å². The molecular weight excluding hydrogens is 456 g/mol. The number of likely N-dealkylation sites (N-methyl/N-ethyl adjacent to an activating group) is 1. The van der Waals surface area contributed by atoms with Gasteiger partial charge in [-0.05, 0) is 42.8 Å². The molecule has 0 unspecified atom stereocenters. The lowest BCUT2D eigenvalue weighted by Gasteiger charge is -2.17. The van der Waals surface area contributed by atoms with Crippen molar-refractivity contribution in [1.82, 2.24) is 10.6 Å².